The van der Waals surface area contributed by atoms with Crippen molar-refractivity contribution in [2.24, 2.45) is 0 Å². The van der Waals surface area contributed by atoms with Gasteiger partial charge in [0.1, 0.15) is 0 Å². The maximum absolute atomic E-state index is 12.5. The van der Waals surface area contributed by atoms with Gasteiger partial charge in [0.25, 0.3) is 0 Å². The molecule has 0 aliphatic carbocycles. The van der Waals surface area contributed by atoms with Crippen molar-refractivity contribution in [3.8, 4) is 0 Å². The molecule has 0 saturated carbocycles. The van der Waals surface area contributed by atoms with Gasteiger partial charge in [-0.25, -0.2) is 0 Å². The number of hydrogen-bond acceptors (Lipinski definition) is 2. The molecule has 0 radical (unpaired) electrons. The van der Waals surface area contributed by atoms with Gasteiger partial charge in [0.2, 0.25) is 0 Å². The van der Waals surface area contributed by atoms with Crippen molar-refractivity contribution in [3.05, 3.63) is 28.2 Å². The zero-order valence-electron chi connectivity index (χ0n) is 10.9. The van der Waals surface area contributed by atoms with Crippen molar-refractivity contribution >= 4 is 26.7 Å². The van der Waals surface area contributed by atoms with E-state index >= 15 is 0 Å². The summed E-state index contributed by atoms with van der Waals surface area (Å²) in [5, 5.41) is 3.79. The smallest absolute Gasteiger partial charge is 0.0590 e. The minimum absolute atomic E-state index is 0.228. The van der Waals surface area contributed by atoms with Crippen molar-refractivity contribution in [1.29, 1.82) is 0 Å². The Balaban J connectivity index is 2.33. The Morgan fingerprint density at radius 3 is 2.78 bits per heavy atom. The number of halogens is 1. The van der Waals surface area contributed by atoms with Gasteiger partial charge in [-0.2, -0.15) is 0 Å². The SMILES string of the molecule is CCCNC1c2cc(Br)ccc2S(=O)C1CCC. The molecule has 1 aromatic rings. The first kappa shape index (κ1) is 14.2. The van der Waals surface area contributed by atoms with Crippen molar-refractivity contribution < 1.29 is 4.21 Å². The first-order valence-corrected chi connectivity index (χ1v) is 8.63. The number of rotatable bonds is 5. The summed E-state index contributed by atoms with van der Waals surface area (Å²) in [5.74, 6) is 0. The Morgan fingerprint density at radius 1 is 1.33 bits per heavy atom. The third-order valence-corrected chi connectivity index (χ3v) is 5.71. The van der Waals surface area contributed by atoms with Crippen LogP contribution in [-0.4, -0.2) is 16.0 Å². The zero-order chi connectivity index (χ0) is 13.1. The van der Waals surface area contributed by atoms with Crippen molar-refractivity contribution in [3.63, 3.8) is 0 Å². The molecular formula is C14H20BrNOS. The minimum Gasteiger partial charge on any atom is -0.309 e. The van der Waals surface area contributed by atoms with Gasteiger partial charge in [0.15, 0.2) is 0 Å². The highest BCUT2D eigenvalue weighted by atomic mass is 79.9. The summed E-state index contributed by atoms with van der Waals surface area (Å²) >= 11 is 3.51. The number of benzene rings is 1. The molecule has 1 aromatic carbocycles. The summed E-state index contributed by atoms with van der Waals surface area (Å²) in [4.78, 5) is 1.02. The van der Waals surface area contributed by atoms with E-state index in [1.54, 1.807) is 0 Å². The highest BCUT2D eigenvalue weighted by molar-refractivity contribution is 9.10. The quantitative estimate of drug-likeness (QED) is 0.890. The lowest BCUT2D eigenvalue weighted by molar-refractivity contribution is 0.493. The Labute approximate surface area is 120 Å². The van der Waals surface area contributed by atoms with Crippen LogP contribution >= 0.6 is 15.9 Å². The fraction of sp³-hybridized carbons (Fsp3) is 0.571. The van der Waals surface area contributed by atoms with E-state index < -0.39 is 10.8 Å². The average molecular weight is 330 g/mol. The third-order valence-electron chi connectivity index (χ3n) is 3.36. The van der Waals surface area contributed by atoms with Crippen LogP contribution in [-0.2, 0) is 10.8 Å². The molecule has 0 fully saturated rings. The molecule has 1 aliphatic heterocycles. The van der Waals surface area contributed by atoms with E-state index in [0.717, 1.165) is 35.2 Å². The lowest BCUT2D eigenvalue weighted by Gasteiger charge is -2.20. The molecule has 18 heavy (non-hydrogen) atoms. The van der Waals surface area contributed by atoms with Crippen LogP contribution in [0.25, 0.3) is 0 Å². The molecule has 0 aromatic heterocycles. The summed E-state index contributed by atoms with van der Waals surface area (Å²) < 4.78 is 13.6. The van der Waals surface area contributed by atoms with Crippen molar-refractivity contribution in [1.82, 2.24) is 5.32 Å². The fourth-order valence-corrected chi connectivity index (χ4v) is 4.80. The molecule has 0 bridgehead atoms. The molecule has 3 unspecified atom stereocenters. The summed E-state index contributed by atoms with van der Waals surface area (Å²) in [6.07, 6.45) is 3.20. The molecule has 2 nitrogen and oxygen atoms in total. The minimum atomic E-state index is -0.861. The van der Waals surface area contributed by atoms with E-state index in [0.29, 0.717) is 0 Å². The highest BCUT2D eigenvalue weighted by Gasteiger charge is 2.37. The summed E-state index contributed by atoms with van der Waals surface area (Å²) in [6, 6.07) is 6.36. The number of nitrogens with one attached hydrogen (secondary N) is 1. The molecular weight excluding hydrogens is 310 g/mol. The molecule has 2 rings (SSSR count). The van der Waals surface area contributed by atoms with Crippen molar-refractivity contribution in [2.45, 2.75) is 49.3 Å². The van der Waals surface area contributed by atoms with Gasteiger partial charge in [0, 0.05) is 15.4 Å². The maximum atomic E-state index is 12.5. The van der Waals surface area contributed by atoms with E-state index in [1.165, 1.54) is 5.56 Å². The summed E-state index contributed by atoms with van der Waals surface area (Å²) in [6.45, 7) is 5.30. The number of hydrogen-bond donors (Lipinski definition) is 1. The molecule has 0 spiro atoms. The molecule has 1 heterocycles. The normalized spacial score (nSPS) is 26.3. The van der Waals surface area contributed by atoms with Crippen LogP contribution < -0.4 is 5.32 Å². The van der Waals surface area contributed by atoms with Crippen LogP contribution in [0.5, 0.6) is 0 Å². The van der Waals surface area contributed by atoms with E-state index in [4.69, 9.17) is 0 Å². The van der Waals surface area contributed by atoms with Gasteiger partial charge in [-0.1, -0.05) is 36.2 Å². The van der Waals surface area contributed by atoms with E-state index in [2.05, 4.69) is 41.2 Å². The Morgan fingerprint density at radius 2 is 2.11 bits per heavy atom. The van der Waals surface area contributed by atoms with Crippen LogP contribution in [0.15, 0.2) is 27.6 Å². The Kier molecular flexibility index (Phi) is 4.98. The molecule has 0 amide bonds. The van der Waals surface area contributed by atoms with Gasteiger partial charge in [-0.05, 0) is 43.1 Å². The van der Waals surface area contributed by atoms with Gasteiger partial charge in [0.05, 0.1) is 16.0 Å². The van der Waals surface area contributed by atoms with E-state index in [9.17, 15) is 4.21 Å². The van der Waals surface area contributed by atoms with Crippen LogP contribution in [0.2, 0.25) is 0 Å². The molecule has 4 heteroatoms. The maximum Gasteiger partial charge on any atom is 0.0590 e. The number of fused-ring (bicyclic) bond motifs is 1. The Bertz CT molecular complexity index is 449. The molecule has 3 atom stereocenters. The highest BCUT2D eigenvalue weighted by Crippen LogP contribution is 2.39. The topological polar surface area (TPSA) is 29.1 Å². The van der Waals surface area contributed by atoms with E-state index in [1.807, 2.05) is 12.1 Å². The van der Waals surface area contributed by atoms with Gasteiger partial charge >= 0.3 is 0 Å². The second-order valence-corrected chi connectivity index (χ2v) is 7.29. The van der Waals surface area contributed by atoms with Gasteiger partial charge in [-0.3, -0.25) is 4.21 Å². The molecule has 0 saturated heterocycles. The average Bonchev–Trinajstić information content (AvgIpc) is 2.61. The van der Waals surface area contributed by atoms with Crippen LogP contribution in [0, 0.1) is 0 Å². The van der Waals surface area contributed by atoms with Gasteiger partial charge in [-0.15, -0.1) is 0 Å². The molecule has 1 aliphatic rings. The van der Waals surface area contributed by atoms with Crippen LogP contribution in [0.4, 0.5) is 0 Å². The fourth-order valence-electron chi connectivity index (χ4n) is 2.53. The third kappa shape index (κ3) is 2.70. The first-order chi connectivity index (χ1) is 8.69. The Hall–Kier alpha value is -0.190. The molecule has 1 N–H and O–H groups in total. The summed E-state index contributed by atoms with van der Waals surface area (Å²) in [7, 11) is -0.861. The largest absolute Gasteiger partial charge is 0.309 e. The van der Waals surface area contributed by atoms with Crippen LogP contribution in [0.3, 0.4) is 0 Å². The molecule has 100 valence electrons. The lowest BCUT2D eigenvalue weighted by atomic mass is 10.0. The first-order valence-electron chi connectivity index (χ1n) is 6.62. The van der Waals surface area contributed by atoms with E-state index in [-0.39, 0.29) is 11.3 Å². The van der Waals surface area contributed by atoms with Crippen LogP contribution in [0.1, 0.15) is 44.7 Å². The predicted molar refractivity (Wildman–Crippen MR) is 80.3 cm³/mol. The lowest BCUT2D eigenvalue weighted by Crippen LogP contribution is -2.30. The van der Waals surface area contributed by atoms with Crippen molar-refractivity contribution in [2.75, 3.05) is 6.54 Å². The second-order valence-electron chi connectivity index (χ2n) is 4.74. The summed E-state index contributed by atoms with van der Waals surface area (Å²) in [5.41, 5.74) is 1.22. The standard InChI is InChI=1S/C14H20BrNOS/c1-3-5-13-14(16-8-4-2)11-9-10(15)6-7-12(11)18(13)17/h6-7,9,13-14,16H,3-5,8H2,1-2H3. The van der Waals surface area contributed by atoms with Gasteiger partial charge < -0.3 is 5.32 Å². The predicted octanol–water partition coefficient (Wildman–Crippen LogP) is 3.78. The monoisotopic (exact) mass is 329 g/mol. The zero-order valence-corrected chi connectivity index (χ0v) is 13.3. The second kappa shape index (κ2) is 6.31.